The summed E-state index contributed by atoms with van der Waals surface area (Å²) < 4.78 is 5.43. The third-order valence-corrected chi connectivity index (χ3v) is 4.91. The Morgan fingerprint density at radius 2 is 2.08 bits per heavy atom. The Kier molecular flexibility index (Phi) is 5.91. The van der Waals surface area contributed by atoms with Crippen LogP contribution in [-0.2, 0) is 27.2 Å². The van der Waals surface area contributed by atoms with Crippen LogP contribution in [0.2, 0.25) is 0 Å². The van der Waals surface area contributed by atoms with Gasteiger partial charge >= 0.3 is 11.8 Å². The number of nitrogens with zero attached hydrogens (tertiary/aromatic N) is 1. The molecule has 136 valence electrons. The van der Waals surface area contributed by atoms with Gasteiger partial charge in [-0.1, -0.05) is 12.1 Å². The minimum absolute atomic E-state index is 0.0466. The molecular formula is C19H27N3O3. The van der Waals surface area contributed by atoms with Gasteiger partial charge in [0.25, 0.3) is 0 Å². The number of amides is 2. The molecule has 2 amide bonds. The lowest BCUT2D eigenvalue weighted by Gasteiger charge is -2.27. The first-order chi connectivity index (χ1) is 12.1. The van der Waals surface area contributed by atoms with Crippen molar-refractivity contribution in [2.45, 2.75) is 38.2 Å². The summed E-state index contributed by atoms with van der Waals surface area (Å²) in [4.78, 5) is 25.9. The second-order valence-corrected chi connectivity index (χ2v) is 6.84. The zero-order valence-corrected chi connectivity index (χ0v) is 14.8. The van der Waals surface area contributed by atoms with Crippen molar-refractivity contribution >= 4 is 17.5 Å². The minimum atomic E-state index is -0.581. The molecular weight excluding hydrogens is 318 g/mol. The molecule has 1 fully saturated rings. The van der Waals surface area contributed by atoms with E-state index in [1.54, 1.807) is 0 Å². The van der Waals surface area contributed by atoms with Crippen LogP contribution in [-0.4, -0.2) is 51.2 Å². The van der Waals surface area contributed by atoms with Crippen molar-refractivity contribution < 1.29 is 14.3 Å². The van der Waals surface area contributed by atoms with E-state index in [0.29, 0.717) is 13.1 Å². The molecule has 0 radical (unpaired) electrons. The molecule has 1 aromatic carbocycles. The van der Waals surface area contributed by atoms with Crippen LogP contribution >= 0.6 is 0 Å². The molecule has 2 aliphatic heterocycles. The Bertz CT molecular complexity index is 626. The zero-order valence-electron chi connectivity index (χ0n) is 14.8. The Morgan fingerprint density at radius 3 is 2.88 bits per heavy atom. The van der Waals surface area contributed by atoms with E-state index < -0.39 is 11.8 Å². The van der Waals surface area contributed by atoms with Crippen LogP contribution in [0.15, 0.2) is 18.2 Å². The molecule has 1 saturated heterocycles. The molecule has 6 nitrogen and oxygen atoms in total. The Labute approximate surface area is 148 Å². The average molecular weight is 345 g/mol. The highest BCUT2D eigenvalue weighted by Gasteiger charge is 2.19. The third kappa shape index (κ3) is 4.72. The maximum absolute atomic E-state index is 11.8. The van der Waals surface area contributed by atoms with Gasteiger partial charge in [-0.3, -0.25) is 9.59 Å². The molecule has 25 heavy (non-hydrogen) atoms. The molecule has 0 saturated carbocycles. The first-order valence-electron chi connectivity index (χ1n) is 9.14. The second-order valence-electron chi connectivity index (χ2n) is 6.84. The van der Waals surface area contributed by atoms with Crippen molar-refractivity contribution in [1.82, 2.24) is 10.6 Å². The summed E-state index contributed by atoms with van der Waals surface area (Å²) in [6.45, 7) is 2.71. The lowest BCUT2D eigenvalue weighted by atomic mass is 9.98. The van der Waals surface area contributed by atoms with Gasteiger partial charge in [-0.2, -0.15) is 0 Å². The van der Waals surface area contributed by atoms with Gasteiger partial charge in [-0.15, -0.1) is 0 Å². The molecule has 0 spiro atoms. The molecule has 1 aromatic rings. The van der Waals surface area contributed by atoms with E-state index in [1.165, 1.54) is 23.2 Å². The molecule has 2 aliphatic rings. The van der Waals surface area contributed by atoms with Crippen molar-refractivity contribution in [3.05, 3.63) is 29.3 Å². The van der Waals surface area contributed by atoms with E-state index >= 15 is 0 Å². The molecule has 0 aliphatic carbocycles. The van der Waals surface area contributed by atoms with Crippen molar-refractivity contribution in [1.29, 1.82) is 0 Å². The van der Waals surface area contributed by atoms with Crippen LogP contribution in [0.1, 0.15) is 30.4 Å². The van der Waals surface area contributed by atoms with Crippen molar-refractivity contribution in [3.8, 4) is 0 Å². The van der Waals surface area contributed by atoms with Gasteiger partial charge < -0.3 is 20.3 Å². The second kappa shape index (κ2) is 8.34. The lowest BCUT2D eigenvalue weighted by molar-refractivity contribution is -0.139. The van der Waals surface area contributed by atoms with E-state index in [-0.39, 0.29) is 6.10 Å². The normalized spacial score (nSPS) is 19.4. The van der Waals surface area contributed by atoms with E-state index in [2.05, 4.69) is 40.8 Å². The van der Waals surface area contributed by atoms with Gasteiger partial charge in [0.1, 0.15) is 0 Å². The first kappa shape index (κ1) is 17.7. The summed E-state index contributed by atoms with van der Waals surface area (Å²) in [6.07, 6.45) is 5.01. The van der Waals surface area contributed by atoms with Gasteiger partial charge in [0, 0.05) is 39.0 Å². The standard InChI is InChI=1S/C19H27N3O3/c1-22-10-2-4-15-12-14(6-7-17(15)22)8-9-20-18(23)19(24)21-13-16-5-3-11-25-16/h6-7,12,16H,2-5,8-11,13H2,1H3,(H,20,23)(H,21,24)/t16-/m0/s1. The van der Waals surface area contributed by atoms with Crippen LogP contribution in [0, 0.1) is 0 Å². The number of carbonyl (C=O) groups is 2. The smallest absolute Gasteiger partial charge is 0.309 e. The van der Waals surface area contributed by atoms with Crippen molar-refractivity contribution in [2.24, 2.45) is 0 Å². The summed E-state index contributed by atoms with van der Waals surface area (Å²) in [7, 11) is 2.12. The molecule has 3 rings (SSSR count). The highest BCUT2D eigenvalue weighted by Crippen LogP contribution is 2.26. The van der Waals surface area contributed by atoms with Gasteiger partial charge in [0.05, 0.1) is 6.10 Å². The molecule has 2 N–H and O–H groups in total. The van der Waals surface area contributed by atoms with Gasteiger partial charge in [-0.05, 0) is 49.3 Å². The van der Waals surface area contributed by atoms with E-state index in [9.17, 15) is 9.59 Å². The number of nitrogens with one attached hydrogen (secondary N) is 2. The van der Waals surface area contributed by atoms with Gasteiger partial charge in [0.15, 0.2) is 0 Å². The first-order valence-corrected chi connectivity index (χ1v) is 9.14. The van der Waals surface area contributed by atoms with E-state index in [1.807, 2.05) is 0 Å². The third-order valence-electron chi connectivity index (χ3n) is 4.91. The van der Waals surface area contributed by atoms with Crippen molar-refractivity contribution in [3.63, 3.8) is 0 Å². The maximum atomic E-state index is 11.8. The Hall–Kier alpha value is -2.08. The number of rotatable bonds is 5. The highest BCUT2D eigenvalue weighted by molar-refractivity contribution is 6.35. The lowest BCUT2D eigenvalue weighted by Crippen LogP contribution is -2.43. The number of ether oxygens (including phenoxy) is 1. The predicted molar refractivity (Wildman–Crippen MR) is 96.7 cm³/mol. The number of hydrogen-bond acceptors (Lipinski definition) is 4. The number of fused-ring (bicyclic) bond motifs is 1. The summed E-state index contributed by atoms with van der Waals surface area (Å²) in [5.74, 6) is -1.15. The maximum Gasteiger partial charge on any atom is 0.309 e. The monoisotopic (exact) mass is 345 g/mol. The highest BCUT2D eigenvalue weighted by atomic mass is 16.5. The van der Waals surface area contributed by atoms with Crippen LogP contribution in [0.25, 0.3) is 0 Å². The molecule has 6 heteroatoms. The summed E-state index contributed by atoms with van der Waals surface area (Å²) in [6, 6.07) is 6.47. The molecule has 0 aromatic heterocycles. The van der Waals surface area contributed by atoms with E-state index in [4.69, 9.17) is 4.74 Å². The van der Waals surface area contributed by atoms with Crippen molar-refractivity contribution in [2.75, 3.05) is 38.2 Å². The van der Waals surface area contributed by atoms with Crippen LogP contribution in [0.4, 0.5) is 5.69 Å². The Balaban J connectivity index is 1.41. The fraction of sp³-hybridized carbons (Fsp3) is 0.579. The summed E-state index contributed by atoms with van der Waals surface area (Å²) in [5, 5.41) is 5.33. The number of anilines is 1. The summed E-state index contributed by atoms with van der Waals surface area (Å²) >= 11 is 0. The zero-order chi connectivity index (χ0) is 17.6. The van der Waals surface area contributed by atoms with Crippen LogP contribution in [0.5, 0.6) is 0 Å². The molecule has 1 atom stereocenters. The fourth-order valence-electron chi connectivity index (χ4n) is 3.49. The fourth-order valence-corrected chi connectivity index (χ4v) is 3.49. The largest absolute Gasteiger partial charge is 0.376 e. The molecule has 2 heterocycles. The van der Waals surface area contributed by atoms with Gasteiger partial charge in [-0.25, -0.2) is 0 Å². The number of aryl methyl sites for hydroxylation is 1. The number of hydrogen-bond donors (Lipinski definition) is 2. The quantitative estimate of drug-likeness (QED) is 0.782. The molecule has 0 bridgehead atoms. The van der Waals surface area contributed by atoms with Crippen LogP contribution in [0.3, 0.4) is 0 Å². The molecule has 0 unspecified atom stereocenters. The number of benzene rings is 1. The Morgan fingerprint density at radius 1 is 1.24 bits per heavy atom. The summed E-state index contributed by atoms with van der Waals surface area (Å²) in [5.41, 5.74) is 3.86. The van der Waals surface area contributed by atoms with Gasteiger partial charge in [0.2, 0.25) is 0 Å². The SMILES string of the molecule is CN1CCCc2cc(CCNC(=O)C(=O)NC[C@@H]3CCCO3)ccc21. The van der Waals surface area contributed by atoms with E-state index in [0.717, 1.165) is 38.8 Å². The predicted octanol–water partition coefficient (Wildman–Crippen LogP) is 1.02. The minimum Gasteiger partial charge on any atom is -0.376 e. The van der Waals surface area contributed by atoms with Crippen LogP contribution < -0.4 is 15.5 Å². The number of carbonyl (C=O) groups excluding carboxylic acids is 2. The average Bonchev–Trinajstić information content (AvgIpc) is 3.13. The topological polar surface area (TPSA) is 70.7 Å².